The van der Waals surface area contributed by atoms with Crippen LogP contribution in [0, 0.1) is 5.92 Å². The molecule has 0 radical (unpaired) electrons. The first kappa shape index (κ1) is 15.2. The Morgan fingerprint density at radius 3 is 2.55 bits per heavy atom. The molecule has 110 valence electrons. The number of hydrogen-bond acceptors (Lipinski definition) is 3. The average molecular weight is 295 g/mol. The third kappa shape index (κ3) is 3.46. The summed E-state index contributed by atoms with van der Waals surface area (Å²) in [6.45, 7) is 3.35. The SMILES string of the molecule is CC(=O)c1cccc(S(=O)(=O)NC(C)C2CCCC2)c1. The Balaban J connectivity index is 2.17. The quantitative estimate of drug-likeness (QED) is 0.850. The molecule has 4 nitrogen and oxygen atoms in total. The first-order valence-corrected chi connectivity index (χ1v) is 8.52. The van der Waals surface area contributed by atoms with Gasteiger partial charge in [0.15, 0.2) is 5.78 Å². The van der Waals surface area contributed by atoms with Gasteiger partial charge in [0.1, 0.15) is 0 Å². The molecule has 1 aromatic carbocycles. The van der Waals surface area contributed by atoms with Crippen LogP contribution in [-0.4, -0.2) is 20.2 Å². The summed E-state index contributed by atoms with van der Waals surface area (Å²) in [6.07, 6.45) is 4.52. The van der Waals surface area contributed by atoms with E-state index in [1.807, 2.05) is 6.92 Å². The van der Waals surface area contributed by atoms with Gasteiger partial charge in [-0.25, -0.2) is 13.1 Å². The van der Waals surface area contributed by atoms with Crippen LogP contribution in [0.1, 0.15) is 49.9 Å². The molecule has 20 heavy (non-hydrogen) atoms. The normalized spacial score (nSPS) is 18.1. The van der Waals surface area contributed by atoms with Crippen molar-refractivity contribution in [3.63, 3.8) is 0 Å². The van der Waals surface area contributed by atoms with Gasteiger partial charge in [0.25, 0.3) is 0 Å². The number of rotatable bonds is 5. The predicted octanol–water partition coefficient (Wildman–Crippen LogP) is 2.75. The smallest absolute Gasteiger partial charge is 0.240 e. The second-order valence-electron chi connectivity index (χ2n) is 5.54. The number of ketones is 1. The molecule has 1 N–H and O–H groups in total. The van der Waals surface area contributed by atoms with Gasteiger partial charge in [0.05, 0.1) is 4.90 Å². The highest BCUT2D eigenvalue weighted by molar-refractivity contribution is 7.89. The van der Waals surface area contributed by atoms with Gasteiger partial charge in [-0.05, 0) is 44.7 Å². The molecule has 0 aromatic heterocycles. The van der Waals surface area contributed by atoms with E-state index in [2.05, 4.69) is 4.72 Å². The van der Waals surface area contributed by atoms with E-state index in [1.165, 1.54) is 31.9 Å². The lowest BCUT2D eigenvalue weighted by Gasteiger charge is -2.20. The summed E-state index contributed by atoms with van der Waals surface area (Å²) in [6, 6.07) is 6.12. The fourth-order valence-electron chi connectivity index (χ4n) is 2.75. The van der Waals surface area contributed by atoms with Gasteiger partial charge in [0, 0.05) is 11.6 Å². The van der Waals surface area contributed by atoms with Crippen molar-refractivity contribution in [1.29, 1.82) is 0 Å². The van der Waals surface area contributed by atoms with E-state index in [1.54, 1.807) is 12.1 Å². The summed E-state index contributed by atoms with van der Waals surface area (Å²) in [5.41, 5.74) is 0.418. The Kier molecular flexibility index (Phi) is 4.60. The number of nitrogens with one attached hydrogen (secondary N) is 1. The topological polar surface area (TPSA) is 63.2 Å². The van der Waals surface area contributed by atoms with Crippen LogP contribution < -0.4 is 4.72 Å². The van der Waals surface area contributed by atoms with Gasteiger partial charge < -0.3 is 0 Å². The van der Waals surface area contributed by atoms with Gasteiger partial charge in [-0.2, -0.15) is 0 Å². The second-order valence-corrected chi connectivity index (χ2v) is 7.25. The van der Waals surface area contributed by atoms with Crippen molar-refractivity contribution in [1.82, 2.24) is 4.72 Å². The van der Waals surface area contributed by atoms with E-state index in [4.69, 9.17) is 0 Å². The molecule has 0 heterocycles. The molecule has 0 bridgehead atoms. The summed E-state index contributed by atoms with van der Waals surface area (Å²) in [4.78, 5) is 11.5. The summed E-state index contributed by atoms with van der Waals surface area (Å²) < 4.78 is 27.4. The molecule has 0 aliphatic heterocycles. The molecule has 1 unspecified atom stereocenters. The molecule has 1 aromatic rings. The van der Waals surface area contributed by atoms with Crippen LogP contribution >= 0.6 is 0 Å². The molecule has 1 aliphatic rings. The Labute approximate surface area is 120 Å². The van der Waals surface area contributed by atoms with E-state index in [0.29, 0.717) is 11.5 Å². The molecule has 1 aliphatic carbocycles. The van der Waals surface area contributed by atoms with Gasteiger partial charge in [-0.3, -0.25) is 4.79 Å². The maximum Gasteiger partial charge on any atom is 0.240 e. The lowest BCUT2D eigenvalue weighted by molar-refractivity contribution is 0.101. The van der Waals surface area contributed by atoms with Crippen LogP contribution in [0.25, 0.3) is 0 Å². The van der Waals surface area contributed by atoms with Crippen molar-refractivity contribution in [3.8, 4) is 0 Å². The highest BCUT2D eigenvalue weighted by Crippen LogP contribution is 2.28. The minimum Gasteiger partial charge on any atom is -0.295 e. The van der Waals surface area contributed by atoms with Crippen molar-refractivity contribution in [2.45, 2.75) is 50.5 Å². The molecule has 0 amide bonds. The van der Waals surface area contributed by atoms with E-state index < -0.39 is 10.0 Å². The minimum atomic E-state index is -3.56. The largest absolute Gasteiger partial charge is 0.295 e. The Bertz CT molecular complexity index is 589. The van der Waals surface area contributed by atoms with Crippen LogP contribution in [-0.2, 0) is 10.0 Å². The number of hydrogen-bond donors (Lipinski definition) is 1. The maximum absolute atomic E-state index is 12.4. The molecule has 2 rings (SSSR count). The molecule has 0 saturated heterocycles. The highest BCUT2D eigenvalue weighted by atomic mass is 32.2. The summed E-state index contributed by atoms with van der Waals surface area (Å²) >= 11 is 0. The molecule has 0 spiro atoms. The monoisotopic (exact) mass is 295 g/mol. The second kappa shape index (κ2) is 6.06. The Hall–Kier alpha value is -1.20. The number of benzene rings is 1. The van der Waals surface area contributed by atoms with Crippen molar-refractivity contribution < 1.29 is 13.2 Å². The summed E-state index contributed by atoms with van der Waals surface area (Å²) in [7, 11) is -3.56. The van der Waals surface area contributed by atoms with Gasteiger partial charge in [0.2, 0.25) is 10.0 Å². The lowest BCUT2D eigenvalue weighted by Crippen LogP contribution is -2.37. The first-order chi connectivity index (χ1) is 9.40. The third-order valence-corrected chi connectivity index (χ3v) is 5.56. The van der Waals surface area contributed by atoms with E-state index >= 15 is 0 Å². The fourth-order valence-corrected chi connectivity index (χ4v) is 4.11. The van der Waals surface area contributed by atoms with Crippen molar-refractivity contribution in [2.75, 3.05) is 0 Å². The van der Waals surface area contributed by atoms with Crippen LogP contribution in [0.3, 0.4) is 0 Å². The first-order valence-electron chi connectivity index (χ1n) is 7.03. The zero-order valence-electron chi connectivity index (χ0n) is 11.9. The zero-order chi connectivity index (χ0) is 14.8. The fraction of sp³-hybridized carbons (Fsp3) is 0.533. The van der Waals surface area contributed by atoms with E-state index in [-0.39, 0.29) is 16.7 Å². The Morgan fingerprint density at radius 1 is 1.30 bits per heavy atom. The standard InChI is InChI=1S/C15H21NO3S/c1-11(13-6-3-4-7-13)16-20(18,19)15-9-5-8-14(10-15)12(2)17/h5,8-11,13,16H,3-4,6-7H2,1-2H3. The number of Topliss-reactive ketones (excluding diaryl/α,β-unsaturated/α-hetero) is 1. The van der Waals surface area contributed by atoms with Crippen molar-refractivity contribution in [3.05, 3.63) is 29.8 Å². The third-order valence-electron chi connectivity index (χ3n) is 4.00. The summed E-state index contributed by atoms with van der Waals surface area (Å²) in [5.74, 6) is 0.284. The molecule has 1 atom stereocenters. The lowest BCUT2D eigenvalue weighted by atomic mass is 10.0. The van der Waals surface area contributed by atoms with Gasteiger partial charge in [-0.1, -0.05) is 25.0 Å². The van der Waals surface area contributed by atoms with Crippen molar-refractivity contribution in [2.24, 2.45) is 5.92 Å². The highest BCUT2D eigenvalue weighted by Gasteiger charge is 2.26. The molecular formula is C15H21NO3S. The van der Waals surface area contributed by atoms with E-state index in [0.717, 1.165) is 12.8 Å². The zero-order valence-corrected chi connectivity index (χ0v) is 12.7. The van der Waals surface area contributed by atoms with Crippen LogP contribution in [0.15, 0.2) is 29.2 Å². The number of carbonyl (C=O) groups excluding carboxylic acids is 1. The molecule has 1 saturated carbocycles. The average Bonchev–Trinajstić information content (AvgIpc) is 2.92. The van der Waals surface area contributed by atoms with Crippen LogP contribution in [0.5, 0.6) is 0 Å². The van der Waals surface area contributed by atoms with Crippen LogP contribution in [0.4, 0.5) is 0 Å². The number of carbonyl (C=O) groups is 1. The Morgan fingerprint density at radius 2 is 1.95 bits per heavy atom. The predicted molar refractivity (Wildman–Crippen MR) is 78.2 cm³/mol. The molecular weight excluding hydrogens is 274 g/mol. The molecule has 1 fully saturated rings. The maximum atomic E-state index is 12.4. The number of sulfonamides is 1. The van der Waals surface area contributed by atoms with Gasteiger partial charge >= 0.3 is 0 Å². The van der Waals surface area contributed by atoms with Gasteiger partial charge in [-0.15, -0.1) is 0 Å². The van der Waals surface area contributed by atoms with Crippen LogP contribution in [0.2, 0.25) is 0 Å². The summed E-state index contributed by atoms with van der Waals surface area (Å²) in [5, 5.41) is 0. The van der Waals surface area contributed by atoms with E-state index in [9.17, 15) is 13.2 Å². The van der Waals surface area contributed by atoms with Crippen molar-refractivity contribution >= 4 is 15.8 Å². The molecule has 5 heteroatoms. The minimum absolute atomic E-state index is 0.0662.